The number of hydrogen-bond donors (Lipinski definition) is 2. The van der Waals surface area contributed by atoms with E-state index in [-0.39, 0.29) is 5.56 Å². The van der Waals surface area contributed by atoms with Gasteiger partial charge < -0.3 is 20.0 Å². The van der Waals surface area contributed by atoms with Crippen LogP contribution in [0.25, 0.3) is 10.8 Å². The van der Waals surface area contributed by atoms with E-state index >= 15 is 0 Å². The smallest absolute Gasteiger partial charge is 0.259 e. The number of fused-ring (bicyclic) bond motifs is 1. The number of nitrogens with one attached hydrogen (secondary N) is 2. The Balaban J connectivity index is 1.43. The molecule has 0 amide bonds. The van der Waals surface area contributed by atoms with E-state index in [0.717, 1.165) is 17.1 Å². The third-order valence-electron chi connectivity index (χ3n) is 6.92. The van der Waals surface area contributed by atoms with Gasteiger partial charge >= 0.3 is 0 Å². The Hall–Kier alpha value is -3.19. The SMILES string of the molecule is CON=C(C)c1cc2cc[nH]c(=O)c2c(Nc2ccc(C3CCN(C4CC4)CC3)c(C)c2)n1. The molecule has 3 aromatic rings. The fraction of sp³-hybridized carbons (Fsp3) is 0.423. The summed E-state index contributed by atoms with van der Waals surface area (Å²) in [6.45, 7) is 6.44. The van der Waals surface area contributed by atoms with E-state index in [9.17, 15) is 4.79 Å². The molecule has 2 aromatic heterocycles. The molecule has 1 saturated heterocycles. The molecular formula is C26H31N5O2. The molecule has 2 N–H and O–H groups in total. The molecule has 0 bridgehead atoms. The van der Waals surface area contributed by atoms with Crippen LogP contribution in [0, 0.1) is 6.92 Å². The van der Waals surface area contributed by atoms with Crippen molar-refractivity contribution in [2.75, 3.05) is 25.5 Å². The van der Waals surface area contributed by atoms with Gasteiger partial charge in [-0.05, 0) is 99.3 Å². The monoisotopic (exact) mass is 445 g/mol. The van der Waals surface area contributed by atoms with Crippen LogP contribution in [0.4, 0.5) is 11.5 Å². The zero-order valence-electron chi connectivity index (χ0n) is 19.5. The molecular weight excluding hydrogens is 414 g/mol. The lowest BCUT2D eigenvalue weighted by atomic mass is 9.86. The van der Waals surface area contributed by atoms with Crippen LogP contribution >= 0.6 is 0 Å². The minimum atomic E-state index is -0.175. The summed E-state index contributed by atoms with van der Waals surface area (Å²) in [7, 11) is 1.51. The normalized spacial score (nSPS) is 18.0. The van der Waals surface area contributed by atoms with Crippen molar-refractivity contribution in [1.82, 2.24) is 14.9 Å². The van der Waals surface area contributed by atoms with E-state index in [4.69, 9.17) is 9.82 Å². The molecule has 0 spiro atoms. The van der Waals surface area contributed by atoms with Crippen LogP contribution < -0.4 is 10.9 Å². The molecule has 33 heavy (non-hydrogen) atoms. The number of pyridine rings is 2. The number of aromatic nitrogens is 2. The quantitative estimate of drug-likeness (QED) is 0.425. The summed E-state index contributed by atoms with van der Waals surface area (Å²) in [6.07, 6.45) is 6.87. The van der Waals surface area contributed by atoms with E-state index in [1.165, 1.54) is 57.0 Å². The maximum atomic E-state index is 12.6. The lowest BCUT2D eigenvalue weighted by Gasteiger charge is -2.33. The molecule has 3 heterocycles. The first-order valence-corrected chi connectivity index (χ1v) is 11.8. The van der Waals surface area contributed by atoms with Crippen LogP contribution in [0.3, 0.4) is 0 Å². The minimum Gasteiger partial charge on any atom is -0.399 e. The maximum Gasteiger partial charge on any atom is 0.259 e. The minimum absolute atomic E-state index is 0.175. The van der Waals surface area contributed by atoms with Gasteiger partial charge in [-0.2, -0.15) is 0 Å². The molecule has 1 aliphatic heterocycles. The number of H-pyrrole nitrogens is 1. The fourth-order valence-corrected chi connectivity index (χ4v) is 5.04. The number of hydrogen-bond acceptors (Lipinski definition) is 6. The number of rotatable bonds is 6. The highest BCUT2D eigenvalue weighted by molar-refractivity contribution is 6.02. The first-order valence-electron chi connectivity index (χ1n) is 11.8. The van der Waals surface area contributed by atoms with Crippen LogP contribution in [-0.4, -0.2) is 46.8 Å². The van der Waals surface area contributed by atoms with Crippen molar-refractivity contribution in [1.29, 1.82) is 0 Å². The Kier molecular flexibility index (Phi) is 5.89. The van der Waals surface area contributed by atoms with Gasteiger partial charge in [0.25, 0.3) is 5.56 Å². The maximum absolute atomic E-state index is 12.6. The van der Waals surface area contributed by atoms with Gasteiger partial charge in [0.15, 0.2) is 0 Å². The predicted molar refractivity (Wildman–Crippen MR) is 133 cm³/mol. The molecule has 0 unspecified atom stereocenters. The average Bonchev–Trinajstić information content (AvgIpc) is 3.65. The van der Waals surface area contributed by atoms with Crippen molar-refractivity contribution >= 4 is 28.0 Å². The van der Waals surface area contributed by atoms with Crippen LogP contribution in [0.5, 0.6) is 0 Å². The molecule has 7 heteroatoms. The molecule has 2 fully saturated rings. The lowest BCUT2D eigenvalue weighted by molar-refractivity contribution is 0.203. The van der Waals surface area contributed by atoms with Crippen molar-refractivity contribution in [2.24, 2.45) is 5.16 Å². The first kappa shape index (κ1) is 21.6. The van der Waals surface area contributed by atoms with Crippen molar-refractivity contribution < 1.29 is 4.84 Å². The van der Waals surface area contributed by atoms with Gasteiger partial charge in [0, 0.05) is 17.9 Å². The second kappa shape index (κ2) is 8.98. The van der Waals surface area contributed by atoms with Crippen molar-refractivity contribution in [3.63, 3.8) is 0 Å². The number of benzene rings is 1. The molecule has 1 aliphatic carbocycles. The zero-order chi connectivity index (χ0) is 22.9. The number of nitrogens with zero attached hydrogens (tertiary/aromatic N) is 3. The molecule has 172 valence electrons. The van der Waals surface area contributed by atoms with Crippen LogP contribution in [0.15, 0.2) is 46.5 Å². The van der Waals surface area contributed by atoms with Crippen molar-refractivity contribution in [2.45, 2.75) is 51.5 Å². The number of piperidine rings is 1. The van der Waals surface area contributed by atoms with Gasteiger partial charge in [-0.3, -0.25) is 4.79 Å². The van der Waals surface area contributed by atoms with Crippen molar-refractivity contribution in [3.8, 4) is 0 Å². The van der Waals surface area contributed by atoms with E-state index in [2.05, 4.69) is 45.5 Å². The standard InChI is InChI=1S/C26H31N5O2/c1-16-14-20(4-7-22(16)18-9-12-31(13-10-18)21-5-6-21)28-25-24-19(8-11-27-26(24)32)15-23(29-25)17(2)30-33-3/h4,7-8,11,14-15,18,21H,5-6,9-10,12-13H2,1-3H3,(H,27,32)(H,28,29). The Morgan fingerprint density at radius 3 is 2.67 bits per heavy atom. The highest BCUT2D eigenvalue weighted by Crippen LogP contribution is 2.36. The Morgan fingerprint density at radius 2 is 1.97 bits per heavy atom. The molecule has 1 aromatic carbocycles. The fourth-order valence-electron chi connectivity index (χ4n) is 5.04. The molecule has 1 saturated carbocycles. The number of aromatic amines is 1. The molecule has 5 rings (SSSR count). The second-order valence-corrected chi connectivity index (χ2v) is 9.22. The van der Waals surface area contributed by atoms with E-state index in [1.54, 1.807) is 6.20 Å². The van der Waals surface area contributed by atoms with Gasteiger partial charge in [0.2, 0.25) is 0 Å². The predicted octanol–water partition coefficient (Wildman–Crippen LogP) is 4.69. The molecule has 0 radical (unpaired) electrons. The van der Waals surface area contributed by atoms with Gasteiger partial charge in [0.1, 0.15) is 18.6 Å². The molecule has 0 atom stereocenters. The Bertz CT molecular complexity index is 1250. The summed E-state index contributed by atoms with van der Waals surface area (Å²) >= 11 is 0. The summed E-state index contributed by atoms with van der Waals surface area (Å²) < 4.78 is 0. The number of oxime groups is 1. The summed E-state index contributed by atoms with van der Waals surface area (Å²) in [4.78, 5) is 27.7. The lowest BCUT2D eigenvalue weighted by Crippen LogP contribution is -2.34. The summed E-state index contributed by atoms with van der Waals surface area (Å²) in [6, 6.07) is 11.1. The van der Waals surface area contributed by atoms with E-state index in [1.807, 2.05) is 19.1 Å². The highest BCUT2D eigenvalue weighted by Gasteiger charge is 2.32. The van der Waals surface area contributed by atoms with Crippen LogP contribution in [0.1, 0.15) is 55.3 Å². The van der Waals surface area contributed by atoms with Crippen molar-refractivity contribution in [3.05, 3.63) is 63.7 Å². The van der Waals surface area contributed by atoms with Crippen LogP contribution in [0.2, 0.25) is 0 Å². The summed E-state index contributed by atoms with van der Waals surface area (Å²) in [5.41, 5.74) is 4.76. The first-order chi connectivity index (χ1) is 16.0. The van der Waals surface area contributed by atoms with Gasteiger partial charge in [-0.1, -0.05) is 11.2 Å². The van der Waals surface area contributed by atoms with Gasteiger partial charge in [0.05, 0.1) is 11.1 Å². The highest BCUT2D eigenvalue weighted by atomic mass is 16.6. The van der Waals surface area contributed by atoms with Gasteiger partial charge in [-0.25, -0.2) is 4.98 Å². The number of likely N-dealkylation sites (tertiary alicyclic amines) is 1. The largest absolute Gasteiger partial charge is 0.399 e. The summed E-state index contributed by atoms with van der Waals surface area (Å²) in [5.74, 6) is 1.13. The Labute approximate surface area is 193 Å². The second-order valence-electron chi connectivity index (χ2n) is 9.22. The third-order valence-corrected chi connectivity index (χ3v) is 6.92. The van der Waals surface area contributed by atoms with E-state index < -0.39 is 0 Å². The topological polar surface area (TPSA) is 82.6 Å². The Morgan fingerprint density at radius 1 is 1.18 bits per heavy atom. The number of aryl methyl sites for hydroxylation is 1. The average molecular weight is 446 g/mol. The van der Waals surface area contributed by atoms with Crippen LogP contribution in [-0.2, 0) is 4.84 Å². The zero-order valence-corrected chi connectivity index (χ0v) is 19.5. The molecule has 2 aliphatic rings. The molecule has 7 nitrogen and oxygen atoms in total. The van der Waals surface area contributed by atoms with Gasteiger partial charge in [-0.15, -0.1) is 0 Å². The van der Waals surface area contributed by atoms with E-state index in [0.29, 0.717) is 28.5 Å². The number of anilines is 2. The summed E-state index contributed by atoms with van der Waals surface area (Å²) in [5, 5.41) is 8.73. The third kappa shape index (κ3) is 4.50.